The van der Waals surface area contributed by atoms with E-state index < -0.39 is 0 Å². The van der Waals surface area contributed by atoms with E-state index in [1.165, 1.54) is 11.6 Å². The molecule has 2 aromatic carbocycles. The van der Waals surface area contributed by atoms with Crippen LogP contribution in [-0.2, 0) is 4.79 Å². The molecule has 2 nitrogen and oxygen atoms in total. The fourth-order valence-corrected chi connectivity index (χ4v) is 3.85. The molecule has 3 heteroatoms. The van der Waals surface area contributed by atoms with Crippen LogP contribution in [0.1, 0.15) is 42.3 Å². The van der Waals surface area contributed by atoms with Gasteiger partial charge in [0.2, 0.25) is 5.91 Å². The molecule has 0 bridgehead atoms. The minimum Gasteiger partial charge on any atom is -0.335 e. The lowest BCUT2D eigenvalue weighted by molar-refractivity contribution is -0.133. The van der Waals surface area contributed by atoms with E-state index in [1.807, 2.05) is 35.2 Å². The maximum Gasteiger partial charge on any atom is 0.226 e. The van der Waals surface area contributed by atoms with Gasteiger partial charge in [-0.1, -0.05) is 48.5 Å². The molecule has 1 saturated heterocycles. The summed E-state index contributed by atoms with van der Waals surface area (Å²) < 4.78 is 13.9. The Morgan fingerprint density at radius 3 is 2.57 bits per heavy atom. The molecule has 2 fully saturated rings. The fourth-order valence-electron chi connectivity index (χ4n) is 3.85. The number of carbonyl (C=O) groups is 1. The summed E-state index contributed by atoms with van der Waals surface area (Å²) in [7, 11) is 0. The Morgan fingerprint density at radius 1 is 1.04 bits per heavy atom. The summed E-state index contributed by atoms with van der Waals surface area (Å²) in [4.78, 5) is 14.9. The van der Waals surface area contributed by atoms with E-state index in [9.17, 15) is 9.18 Å². The monoisotopic (exact) mass is 309 g/mol. The highest BCUT2D eigenvalue weighted by Crippen LogP contribution is 2.50. The van der Waals surface area contributed by atoms with E-state index in [4.69, 9.17) is 0 Å². The standard InChI is InChI=1S/C20H20FNO/c21-18-10-5-4-9-15(18)16-13-17(16)20(23)22-12-6-11-19(22)14-7-2-1-3-8-14/h1-5,7-10,16-17,19H,6,11-13H2. The number of hydrogen-bond acceptors (Lipinski definition) is 1. The molecule has 1 aliphatic carbocycles. The Bertz CT molecular complexity index is 715. The first-order chi connectivity index (χ1) is 11.3. The van der Waals surface area contributed by atoms with Gasteiger partial charge >= 0.3 is 0 Å². The van der Waals surface area contributed by atoms with Crippen LogP contribution in [0.4, 0.5) is 4.39 Å². The highest BCUT2D eigenvalue weighted by molar-refractivity contribution is 5.83. The Kier molecular flexibility index (Phi) is 3.64. The topological polar surface area (TPSA) is 20.3 Å². The Morgan fingerprint density at radius 2 is 1.78 bits per heavy atom. The molecule has 0 spiro atoms. The molecule has 0 aromatic heterocycles. The smallest absolute Gasteiger partial charge is 0.226 e. The molecule has 1 amide bonds. The molecule has 4 rings (SSSR count). The molecule has 118 valence electrons. The first-order valence-electron chi connectivity index (χ1n) is 8.35. The second kappa shape index (κ2) is 5.80. The molecular weight excluding hydrogens is 289 g/mol. The lowest BCUT2D eigenvalue weighted by Crippen LogP contribution is -2.32. The lowest BCUT2D eigenvalue weighted by atomic mass is 10.0. The second-order valence-corrected chi connectivity index (χ2v) is 6.57. The molecule has 2 aliphatic rings. The average molecular weight is 309 g/mol. The van der Waals surface area contributed by atoms with Crippen molar-refractivity contribution in [1.82, 2.24) is 4.90 Å². The van der Waals surface area contributed by atoms with Gasteiger partial charge in [-0.2, -0.15) is 0 Å². The predicted octanol–water partition coefficient (Wildman–Crippen LogP) is 4.29. The van der Waals surface area contributed by atoms with Crippen molar-refractivity contribution in [1.29, 1.82) is 0 Å². The molecule has 23 heavy (non-hydrogen) atoms. The minimum absolute atomic E-state index is 0.0452. The van der Waals surface area contributed by atoms with Crippen molar-refractivity contribution in [2.75, 3.05) is 6.54 Å². The molecule has 1 saturated carbocycles. The SMILES string of the molecule is O=C(C1CC1c1ccccc1F)N1CCCC1c1ccccc1. The molecule has 1 heterocycles. The maximum absolute atomic E-state index is 13.9. The third-order valence-corrected chi connectivity index (χ3v) is 5.13. The van der Waals surface area contributed by atoms with Gasteiger partial charge in [-0.05, 0) is 42.4 Å². The van der Waals surface area contributed by atoms with Gasteiger partial charge in [0.25, 0.3) is 0 Å². The van der Waals surface area contributed by atoms with Gasteiger partial charge in [-0.15, -0.1) is 0 Å². The summed E-state index contributed by atoms with van der Waals surface area (Å²) >= 11 is 0. The van der Waals surface area contributed by atoms with E-state index in [2.05, 4.69) is 12.1 Å². The van der Waals surface area contributed by atoms with Gasteiger partial charge in [0, 0.05) is 12.5 Å². The summed E-state index contributed by atoms with van der Waals surface area (Å²) in [6, 6.07) is 17.3. The van der Waals surface area contributed by atoms with Gasteiger partial charge in [0.1, 0.15) is 5.82 Å². The van der Waals surface area contributed by atoms with Crippen molar-refractivity contribution in [3.63, 3.8) is 0 Å². The van der Waals surface area contributed by atoms with E-state index >= 15 is 0 Å². The van der Waals surface area contributed by atoms with Crippen molar-refractivity contribution in [3.8, 4) is 0 Å². The van der Waals surface area contributed by atoms with E-state index in [-0.39, 0.29) is 29.6 Å². The summed E-state index contributed by atoms with van der Waals surface area (Å²) in [5.41, 5.74) is 1.91. The molecule has 1 aliphatic heterocycles. The van der Waals surface area contributed by atoms with Gasteiger partial charge < -0.3 is 4.90 Å². The highest BCUT2D eigenvalue weighted by atomic mass is 19.1. The molecule has 2 aromatic rings. The number of amides is 1. The third kappa shape index (κ3) is 2.65. The molecule has 0 N–H and O–H groups in total. The molecule has 0 radical (unpaired) electrons. The predicted molar refractivity (Wildman–Crippen MR) is 87.4 cm³/mol. The van der Waals surface area contributed by atoms with Crippen LogP contribution in [0.3, 0.4) is 0 Å². The number of hydrogen-bond donors (Lipinski definition) is 0. The summed E-state index contributed by atoms with van der Waals surface area (Å²) in [5.74, 6) is 0.0235. The quantitative estimate of drug-likeness (QED) is 0.828. The normalized spacial score (nSPS) is 26.3. The lowest BCUT2D eigenvalue weighted by Gasteiger charge is -2.25. The van der Waals surface area contributed by atoms with E-state index in [0.29, 0.717) is 5.56 Å². The first-order valence-corrected chi connectivity index (χ1v) is 8.35. The zero-order chi connectivity index (χ0) is 15.8. The van der Waals surface area contributed by atoms with Crippen LogP contribution in [0.5, 0.6) is 0 Å². The number of likely N-dealkylation sites (tertiary alicyclic amines) is 1. The Labute approximate surface area is 135 Å². The highest BCUT2D eigenvalue weighted by Gasteiger charge is 2.48. The largest absolute Gasteiger partial charge is 0.335 e. The van der Waals surface area contributed by atoms with Gasteiger partial charge in [-0.3, -0.25) is 4.79 Å². The van der Waals surface area contributed by atoms with Crippen LogP contribution in [0, 0.1) is 11.7 Å². The second-order valence-electron chi connectivity index (χ2n) is 6.57. The van der Waals surface area contributed by atoms with Crippen LogP contribution < -0.4 is 0 Å². The fraction of sp³-hybridized carbons (Fsp3) is 0.350. The summed E-state index contributed by atoms with van der Waals surface area (Å²) in [5, 5.41) is 0. The first kappa shape index (κ1) is 14.4. The zero-order valence-corrected chi connectivity index (χ0v) is 13.0. The minimum atomic E-state index is -0.186. The number of halogens is 1. The van der Waals surface area contributed by atoms with Crippen molar-refractivity contribution in [2.24, 2.45) is 5.92 Å². The van der Waals surface area contributed by atoms with Crippen molar-refractivity contribution in [2.45, 2.75) is 31.2 Å². The Hall–Kier alpha value is -2.16. The molecule has 3 unspecified atom stereocenters. The molecule has 3 atom stereocenters. The van der Waals surface area contributed by atoms with Gasteiger partial charge in [-0.25, -0.2) is 4.39 Å². The number of benzene rings is 2. The Balaban J connectivity index is 1.51. The number of nitrogens with zero attached hydrogens (tertiary/aromatic N) is 1. The maximum atomic E-state index is 13.9. The van der Waals surface area contributed by atoms with Crippen LogP contribution in [0.2, 0.25) is 0 Å². The summed E-state index contributed by atoms with van der Waals surface area (Å²) in [6.07, 6.45) is 2.84. The molecular formula is C20H20FNO. The van der Waals surface area contributed by atoms with E-state index in [0.717, 1.165) is 25.8 Å². The van der Waals surface area contributed by atoms with Crippen molar-refractivity contribution in [3.05, 3.63) is 71.5 Å². The number of rotatable bonds is 3. The zero-order valence-electron chi connectivity index (χ0n) is 13.0. The number of carbonyl (C=O) groups excluding carboxylic acids is 1. The third-order valence-electron chi connectivity index (χ3n) is 5.13. The van der Waals surface area contributed by atoms with Crippen molar-refractivity contribution >= 4 is 5.91 Å². The van der Waals surface area contributed by atoms with Crippen LogP contribution in [-0.4, -0.2) is 17.4 Å². The average Bonchev–Trinajstić information content (AvgIpc) is 3.22. The van der Waals surface area contributed by atoms with Gasteiger partial charge in [0.05, 0.1) is 6.04 Å². The van der Waals surface area contributed by atoms with Crippen LogP contribution >= 0.6 is 0 Å². The summed E-state index contributed by atoms with van der Waals surface area (Å²) in [6.45, 7) is 0.818. The van der Waals surface area contributed by atoms with Crippen molar-refractivity contribution < 1.29 is 9.18 Å². The van der Waals surface area contributed by atoms with Gasteiger partial charge in [0.15, 0.2) is 0 Å². The van der Waals surface area contributed by atoms with Crippen LogP contribution in [0.15, 0.2) is 54.6 Å². The van der Waals surface area contributed by atoms with E-state index in [1.54, 1.807) is 6.07 Å². The van der Waals surface area contributed by atoms with Crippen LogP contribution in [0.25, 0.3) is 0 Å².